The molecule has 98 valence electrons. The van der Waals surface area contributed by atoms with Crippen LogP contribution in [0.1, 0.15) is 24.8 Å². The van der Waals surface area contributed by atoms with Crippen LogP contribution in [0.25, 0.3) is 10.8 Å². The molecule has 2 aromatic rings. The number of β-amino-alcohol motifs (C(OH)–C–C–N with tert-alkyl or cyclic N) is 1. The van der Waals surface area contributed by atoms with Crippen LogP contribution >= 0.6 is 0 Å². The molecule has 1 aliphatic heterocycles. The average molecular weight is 253 g/mol. The molecule has 2 aliphatic rings. The monoisotopic (exact) mass is 253 g/mol. The molecule has 1 aliphatic carbocycles. The molecule has 1 heterocycles. The Labute approximate surface area is 113 Å². The molecule has 1 N–H and O–H groups in total. The SMILES string of the molecule is OC1(c2cccc3ccccc23)CCN(C2CC2)C1. The molecule has 2 nitrogen and oxygen atoms in total. The smallest absolute Gasteiger partial charge is 0.104 e. The van der Waals surface area contributed by atoms with E-state index in [-0.39, 0.29) is 0 Å². The van der Waals surface area contributed by atoms with E-state index in [0.717, 1.165) is 31.1 Å². The molecule has 0 bridgehead atoms. The highest BCUT2D eigenvalue weighted by Crippen LogP contribution is 2.40. The molecule has 19 heavy (non-hydrogen) atoms. The van der Waals surface area contributed by atoms with Crippen molar-refractivity contribution in [3.8, 4) is 0 Å². The molecule has 0 amide bonds. The molecular weight excluding hydrogens is 234 g/mol. The molecule has 1 atom stereocenters. The van der Waals surface area contributed by atoms with Gasteiger partial charge in [0.1, 0.15) is 5.60 Å². The van der Waals surface area contributed by atoms with Gasteiger partial charge >= 0.3 is 0 Å². The molecule has 1 saturated heterocycles. The largest absolute Gasteiger partial charge is 0.384 e. The number of hydrogen-bond donors (Lipinski definition) is 1. The summed E-state index contributed by atoms with van der Waals surface area (Å²) in [5, 5.41) is 13.5. The van der Waals surface area contributed by atoms with E-state index in [4.69, 9.17) is 0 Å². The summed E-state index contributed by atoms with van der Waals surface area (Å²) >= 11 is 0. The van der Waals surface area contributed by atoms with Crippen molar-refractivity contribution in [1.29, 1.82) is 0 Å². The first-order valence-electron chi connectivity index (χ1n) is 7.21. The fourth-order valence-electron chi connectivity index (χ4n) is 3.43. The molecule has 2 aromatic carbocycles. The van der Waals surface area contributed by atoms with Gasteiger partial charge in [0, 0.05) is 19.1 Å². The Bertz CT molecular complexity index is 614. The lowest BCUT2D eigenvalue weighted by molar-refractivity contribution is 0.0467. The van der Waals surface area contributed by atoms with Crippen LogP contribution in [0.3, 0.4) is 0 Å². The highest BCUT2D eigenvalue weighted by molar-refractivity contribution is 5.86. The van der Waals surface area contributed by atoms with E-state index in [9.17, 15) is 5.11 Å². The summed E-state index contributed by atoms with van der Waals surface area (Å²) in [4.78, 5) is 2.46. The first-order valence-corrected chi connectivity index (χ1v) is 7.21. The van der Waals surface area contributed by atoms with Crippen LogP contribution in [0.15, 0.2) is 42.5 Å². The molecule has 0 radical (unpaired) electrons. The quantitative estimate of drug-likeness (QED) is 0.889. The van der Waals surface area contributed by atoms with Gasteiger partial charge in [-0.25, -0.2) is 0 Å². The van der Waals surface area contributed by atoms with Crippen molar-refractivity contribution in [2.75, 3.05) is 13.1 Å². The zero-order valence-corrected chi connectivity index (χ0v) is 11.0. The molecular formula is C17H19NO. The van der Waals surface area contributed by atoms with E-state index < -0.39 is 5.60 Å². The molecule has 1 saturated carbocycles. The van der Waals surface area contributed by atoms with E-state index in [2.05, 4.69) is 47.4 Å². The fourth-order valence-corrected chi connectivity index (χ4v) is 3.43. The average Bonchev–Trinajstić information content (AvgIpc) is 3.22. The maximum atomic E-state index is 11.1. The minimum Gasteiger partial charge on any atom is -0.384 e. The Morgan fingerprint density at radius 1 is 1.05 bits per heavy atom. The fraction of sp³-hybridized carbons (Fsp3) is 0.412. The van der Waals surface area contributed by atoms with Gasteiger partial charge in [-0.2, -0.15) is 0 Å². The van der Waals surface area contributed by atoms with Crippen LogP contribution in [-0.2, 0) is 5.60 Å². The summed E-state index contributed by atoms with van der Waals surface area (Å²) in [6.45, 7) is 1.83. The van der Waals surface area contributed by atoms with Crippen molar-refractivity contribution in [2.45, 2.75) is 30.9 Å². The van der Waals surface area contributed by atoms with Gasteiger partial charge in [0.2, 0.25) is 0 Å². The third kappa shape index (κ3) is 1.87. The second-order valence-corrected chi connectivity index (χ2v) is 6.01. The standard InChI is InChI=1S/C17H19NO/c19-17(10-11-18(12-17)14-8-9-14)16-7-3-5-13-4-1-2-6-15(13)16/h1-7,14,19H,8-12H2. The summed E-state index contributed by atoms with van der Waals surface area (Å²) < 4.78 is 0. The molecule has 1 unspecified atom stereocenters. The number of fused-ring (bicyclic) bond motifs is 1. The predicted octanol–water partition coefficient (Wildman–Crippen LogP) is 2.90. The Morgan fingerprint density at radius 3 is 2.68 bits per heavy atom. The van der Waals surface area contributed by atoms with Crippen LogP contribution in [0.4, 0.5) is 0 Å². The van der Waals surface area contributed by atoms with Crippen molar-refractivity contribution in [2.24, 2.45) is 0 Å². The van der Waals surface area contributed by atoms with Crippen molar-refractivity contribution in [3.63, 3.8) is 0 Å². The van der Waals surface area contributed by atoms with Crippen molar-refractivity contribution in [3.05, 3.63) is 48.0 Å². The number of aliphatic hydroxyl groups is 1. The number of hydrogen-bond acceptors (Lipinski definition) is 2. The lowest BCUT2D eigenvalue weighted by Crippen LogP contribution is -2.32. The summed E-state index contributed by atoms with van der Waals surface area (Å²) in [7, 11) is 0. The van der Waals surface area contributed by atoms with E-state index >= 15 is 0 Å². The summed E-state index contributed by atoms with van der Waals surface area (Å²) in [6, 6.07) is 15.4. The number of likely N-dealkylation sites (tertiary alicyclic amines) is 1. The predicted molar refractivity (Wildman–Crippen MR) is 77.1 cm³/mol. The summed E-state index contributed by atoms with van der Waals surface area (Å²) in [5.74, 6) is 0. The van der Waals surface area contributed by atoms with Crippen LogP contribution in [0.5, 0.6) is 0 Å². The summed E-state index contributed by atoms with van der Waals surface area (Å²) in [5.41, 5.74) is 0.442. The third-order valence-corrected chi connectivity index (χ3v) is 4.63. The van der Waals surface area contributed by atoms with Crippen LogP contribution < -0.4 is 0 Å². The van der Waals surface area contributed by atoms with Gasteiger partial charge in [-0.3, -0.25) is 4.90 Å². The maximum Gasteiger partial charge on any atom is 0.104 e. The Hall–Kier alpha value is -1.38. The van der Waals surface area contributed by atoms with Gasteiger partial charge < -0.3 is 5.11 Å². The van der Waals surface area contributed by atoms with Gasteiger partial charge in [-0.05, 0) is 35.6 Å². The molecule has 0 aromatic heterocycles. The highest BCUT2D eigenvalue weighted by Gasteiger charge is 2.43. The summed E-state index contributed by atoms with van der Waals surface area (Å²) in [6.07, 6.45) is 3.48. The van der Waals surface area contributed by atoms with Crippen molar-refractivity contribution < 1.29 is 5.11 Å². The lowest BCUT2D eigenvalue weighted by Gasteiger charge is -2.25. The van der Waals surface area contributed by atoms with Crippen LogP contribution in [0.2, 0.25) is 0 Å². The number of rotatable bonds is 2. The molecule has 0 spiro atoms. The normalized spacial score (nSPS) is 28.1. The van der Waals surface area contributed by atoms with Crippen molar-refractivity contribution in [1.82, 2.24) is 4.90 Å². The Balaban J connectivity index is 1.77. The molecule has 2 heteroatoms. The minimum absolute atomic E-state index is 0.663. The minimum atomic E-state index is -0.663. The Morgan fingerprint density at radius 2 is 1.84 bits per heavy atom. The molecule has 2 fully saturated rings. The second kappa shape index (κ2) is 4.06. The lowest BCUT2D eigenvalue weighted by atomic mass is 9.89. The highest BCUT2D eigenvalue weighted by atomic mass is 16.3. The Kier molecular flexibility index (Phi) is 2.44. The first kappa shape index (κ1) is 11.4. The van der Waals surface area contributed by atoms with E-state index in [1.54, 1.807) is 0 Å². The van der Waals surface area contributed by atoms with E-state index in [1.165, 1.54) is 23.6 Å². The molecule has 4 rings (SSSR count). The number of nitrogens with zero attached hydrogens (tertiary/aromatic N) is 1. The van der Waals surface area contributed by atoms with Gasteiger partial charge in [-0.15, -0.1) is 0 Å². The first-order chi connectivity index (χ1) is 9.26. The third-order valence-electron chi connectivity index (χ3n) is 4.63. The van der Waals surface area contributed by atoms with Crippen LogP contribution in [-0.4, -0.2) is 29.1 Å². The van der Waals surface area contributed by atoms with Gasteiger partial charge in [0.25, 0.3) is 0 Å². The zero-order chi connectivity index (χ0) is 12.9. The van der Waals surface area contributed by atoms with Gasteiger partial charge in [-0.1, -0.05) is 42.5 Å². The van der Waals surface area contributed by atoms with Gasteiger partial charge in [0.05, 0.1) is 0 Å². The van der Waals surface area contributed by atoms with Crippen molar-refractivity contribution >= 4 is 10.8 Å². The zero-order valence-electron chi connectivity index (χ0n) is 11.0. The van der Waals surface area contributed by atoms with E-state index in [0.29, 0.717) is 0 Å². The maximum absolute atomic E-state index is 11.1. The van der Waals surface area contributed by atoms with Crippen LogP contribution in [0, 0.1) is 0 Å². The number of benzene rings is 2. The topological polar surface area (TPSA) is 23.5 Å². The van der Waals surface area contributed by atoms with E-state index in [1.807, 2.05) is 0 Å². The second-order valence-electron chi connectivity index (χ2n) is 6.01. The van der Waals surface area contributed by atoms with Gasteiger partial charge in [0.15, 0.2) is 0 Å².